The van der Waals surface area contributed by atoms with Crippen molar-refractivity contribution < 1.29 is 14.3 Å². The molecular formula is C10H14N2O3S. The molecule has 88 valence electrons. The van der Waals surface area contributed by atoms with Crippen molar-refractivity contribution in [1.29, 1.82) is 0 Å². The second-order valence-corrected chi connectivity index (χ2v) is 3.96. The SMILES string of the molecule is CCOC(=O)Nc1ccsc1N(C)C(C)=O. The number of amides is 2. The van der Waals surface area contributed by atoms with E-state index in [1.54, 1.807) is 25.4 Å². The van der Waals surface area contributed by atoms with Gasteiger partial charge in [-0.05, 0) is 18.4 Å². The second-order valence-electron chi connectivity index (χ2n) is 3.06. The monoisotopic (exact) mass is 242 g/mol. The minimum absolute atomic E-state index is 0.0886. The fraction of sp³-hybridized carbons (Fsp3) is 0.400. The average molecular weight is 242 g/mol. The summed E-state index contributed by atoms with van der Waals surface area (Å²) in [6, 6.07) is 1.73. The summed E-state index contributed by atoms with van der Waals surface area (Å²) in [6.45, 7) is 3.51. The number of hydrogen-bond donors (Lipinski definition) is 1. The van der Waals surface area contributed by atoms with Gasteiger partial charge in [-0.15, -0.1) is 11.3 Å². The van der Waals surface area contributed by atoms with E-state index in [0.717, 1.165) is 0 Å². The number of carbonyl (C=O) groups is 2. The molecule has 0 fully saturated rings. The normalized spacial score (nSPS) is 9.69. The van der Waals surface area contributed by atoms with Crippen LogP contribution in [0, 0.1) is 0 Å². The van der Waals surface area contributed by atoms with Crippen LogP contribution in [0.5, 0.6) is 0 Å². The maximum absolute atomic E-state index is 11.2. The Kier molecular flexibility index (Phi) is 4.30. The molecule has 0 saturated carbocycles. The lowest BCUT2D eigenvalue weighted by Gasteiger charge is -2.15. The Morgan fingerprint density at radius 1 is 1.56 bits per heavy atom. The molecule has 1 heterocycles. The lowest BCUT2D eigenvalue weighted by molar-refractivity contribution is -0.116. The van der Waals surface area contributed by atoms with E-state index in [1.165, 1.54) is 23.2 Å². The standard InChI is InChI=1S/C10H14N2O3S/c1-4-15-10(14)11-8-5-6-16-9(8)12(3)7(2)13/h5-6H,4H2,1-3H3,(H,11,14). The minimum Gasteiger partial charge on any atom is -0.450 e. The molecule has 5 nitrogen and oxygen atoms in total. The molecule has 0 aliphatic carbocycles. The van der Waals surface area contributed by atoms with Crippen LogP contribution in [0.15, 0.2) is 11.4 Å². The van der Waals surface area contributed by atoms with Crippen LogP contribution in [0.3, 0.4) is 0 Å². The van der Waals surface area contributed by atoms with E-state index in [9.17, 15) is 9.59 Å². The van der Waals surface area contributed by atoms with Gasteiger partial charge < -0.3 is 9.64 Å². The molecule has 0 unspecified atom stereocenters. The van der Waals surface area contributed by atoms with E-state index >= 15 is 0 Å². The van der Waals surface area contributed by atoms with Gasteiger partial charge in [-0.3, -0.25) is 10.1 Å². The third kappa shape index (κ3) is 2.96. The zero-order chi connectivity index (χ0) is 12.1. The van der Waals surface area contributed by atoms with Gasteiger partial charge in [0.1, 0.15) is 5.00 Å². The van der Waals surface area contributed by atoms with Crippen LogP contribution in [0.4, 0.5) is 15.5 Å². The van der Waals surface area contributed by atoms with Crippen molar-refractivity contribution >= 4 is 34.0 Å². The van der Waals surface area contributed by atoms with Crippen LogP contribution in [-0.4, -0.2) is 25.7 Å². The second kappa shape index (κ2) is 5.50. The zero-order valence-electron chi connectivity index (χ0n) is 9.44. The number of nitrogens with zero attached hydrogens (tertiary/aromatic N) is 1. The molecule has 0 spiro atoms. The van der Waals surface area contributed by atoms with Crippen molar-refractivity contribution in [2.75, 3.05) is 23.9 Å². The van der Waals surface area contributed by atoms with Crippen molar-refractivity contribution in [3.8, 4) is 0 Å². The molecule has 6 heteroatoms. The van der Waals surface area contributed by atoms with E-state index in [1.807, 2.05) is 0 Å². The Morgan fingerprint density at radius 3 is 2.81 bits per heavy atom. The molecule has 0 aromatic carbocycles. The van der Waals surface area contributed by atoms with Crippen LogP contribution < -0.4 is 10.2 Å². The summed E-state index contributed by atoms with van der Waals surface area (Å²) in [4.78, 5) is 23.9. The highest BCUT2D eigenvalue weighted by atomic mass is 32.1. The number of carbonyl (C=O) groups excluding carboxylic acids is 2. The summed E-state index contributed by atoms with van der Waals surface area (Å²) >= 11 is 1.38. The molecule has 0 aliphatic rings. The molecule has 0 aliphatic heterocycles. The first kappa shape index (κ1) is 12.5. The summed E-state index contributed by atoms with van der Waals surface area (Å²) in [5.74, 6) is -0.0886. The van der Waals surface area contributed by atoms with Gasteiger partial charge >= 0.3 is 6.09 Å². The highest BCUT2D eigenvalue weighted by Crippen LogP contribution is 2.31. The molecule has 0 bridgehead atoms. The van der Waals surface area contributed by atoms with Crippen LogP contribution in [0.2, 0.25) is 0 Å². The predicted molar refractivity (Wildman–Crippen MR) is 64.0 cm³/mol. The molecular weight excluding hydrogens is 228 g/mol. The zero-order valence-corrected chi connectivity index (χ0v) is 10.3. The molecule has 1 rings (SSSR count). The van der Waals surface area contributed by atoms with Gasteiger partial charge in [0.2, 0.25) is 5.91 Å². The highest BCUT2D eigenvalue weighted by molar-refractivity contribution is 7.15. The summed E-state index contributed by atoms with van der Waals surface area (Å²) < 4.78 is 4.76. The maximum Gasteiger partial charge on any atom is 0.411 e. The van der Waals surface area contributed by atoms with Crippen molar-refractivity contribution in [2.24, 2.45) is 0 Å². The fourth-order valence-corrected chi connectivity index (χ4v) is 1.94. The van der Waals surface area contributed by atoms with E-state index in [4.69, 9.17) is 4.74 Å². The number of anilines is 2. The van der Waals surface area contributed by atoms with Crippen molar-refractivity contribution in [3.63, 3.8) is 0 Å². The van der Waals surface area contributed by atoms with Crippen molar-refractivity contribution in [3.05, 3.63) is 11.4 Å². The Hall–Kier alpha value is -1.56. The number of ether oxygens (including phenoxy) is 1. The van der Waals surface area contributed by atoms with Crippen molar-refractivity contribution in [2.45, 2.75) is 13.8 Å². The number of hydrogen-bond acceptors (Lipinski definition) is 4. The number of rotatable bonds is 3. The lowest BCUT2D eigenvalue weighted by Crippen LogP contribution is -2.23. The minimum atomic E-state index is -0.515. The summed E-state index contributed by atoms with van der Waals surface area (Å²) in [5.41, 5.74) is 0.584. The van der Waals surface area contributed by atoms with E-state index < -0.39 is 6.09 Å². The first-order valence-corrected chi connectivity index (χ1v) is 5.69. The van der Waals surface area contributed by atoms with Gasteiger partial charge in [-0.25, -0.2) is 4.79 Å². The third-order valence-electron chi connectivity index (χ3n) is 1.93. The van der Waals surface area contributed by atoms with Gasteiger partial charge in [0.25, 0.3) is 0 Å². The Morgan fingerprint density at radius 2 is 2.25 bits per heavy atom. The molecule has 0 radical (unpaired) electrons. The van der Waals surface area contributed by atoms with Crippen LogP contribution in [0.1, 0.15) is 13.8 Å². The van der Waals surface area contributed by atoms with Gasteiger partial charge in [-0.2, -0.15) is 0 Å². The molecule has 2 amide bonds. The summed E-state index contributed by atoms with van der Waals surface area (Å²) in [5, 5.41) is 5.08. The smallest absolute Gasteiger partial charge is 0.411 e. The topological polar surface area (TPSA) is 58.6 Å². The highest BCUT2D eigenvalue weighted by Gasteiger charge is 2.14. The first-order valence-electron chi connectivity index (χ1n) is 4.81. The van der Waals surface area contributed by atoms with Crippen LogP contribution >= 0.6 is 11.3 Å². The maximum atomic E-state index is 11.2. The summed E-state index contributed by atoms with van der Waals surface area (Å²) in [7, 11) is 1.66. The molecule has 16 heavy (non-hydrogen) atoms. The largest absolute Gasteiger partial charge is 0.450 e. The summed E-state index contributed by atoms with van der Waals surface area (Å²) in [6.07, 6.45) is -0.515. The number of thiophene rings is 1. The predicted octanol–water partition coefficient (Wildman–Crippen LogP) is 2.30. The molecule has 1 aromatic heterocycles. The third-order valence-corrected chi connectivity index (χ3v) is 2.92. The first-order chi connectivity index (χ1) is 7.56. The average Bonchev–Trinajstić information content (AvgIpc) is 2.64. The molecule has 1 aromatic rings. The van der Waals surface area contributed by atoms with Crippen LogP contribution in [0.25, 0.3) is 0 Å². The Labute approximate surface area is 98.0 Å². The molecule has 0 saturated heterocycles. The fourth-order valence-electron chi connectivity index (χ4n) is 1.08. The molecule has 1 N–H and O–H groups in total. The number of nitrogens with one attached hydrogen (secondary N) is 1. The van der Waals surface area contributed by atoms with E-state index in [0.29, 0.717) is 17.3 Å². The van der Waals surface area contributed by atoms with Crippen molar-refractivity contribution in [1.82, 2.24) is 0 Å². The quantitative estimate of drug-likeness (QED) is 0.884. The van der Waals surface area contributed by atoms with Gasteiger partial charge in [-0.1, -0.05) is 0 Å². The van der Waals surface area contributed by atoms with Gasteiger partial charge in [0, 0.05) is 14.0 Å². The van der Waals surface area contributed by atoms with E-state index in [-0.39, 0.29) is 5.91 Å². The van der Waals surface area contributed by atoms with E-state index in [2.05, 4.69) is 5.32 Å². The van der Waals surface area contributed by atoms with Crippen LogP contribution in [-0.2, 0) is 9.53 Å². The lowest BCUT2D eigenvalue weighted by atomic mass is 10.4. The van der Waals surface area contributed by atoms with Gasteiger partial charge in [0.15, 0.2) is 0 Å². The Balaban J connectivity index is 2.78. The van der Waals surface area contributed by atoms with Gasteiger partial charge in [0.05, 0.1) is 12.3 Å². The Bertz CT molecular complexity index is 389. The molecule has 0 atom stereocenters.